The number of nitrogens with one attached hydrogen (secondary N) is 2. The molecule has 4 N–H and O–H groups in total. The highest BCUT2D eigenvalue weighted by Crippen LogP contribution is 2.25. The number of ether oxygens (including phenoxy) is 2. The van der Waals surface area contributed by atoms with Gasteiger partial charge in [0.05, 0.1) is 17.5 Å². The van der Waals surface area contributed by atoms with Crippen LogP contribution < -0.4 is 16.5 Å². The molecule has 0 saturated carbocycles. The van der Waals surface area contributed by atoms with Gasteiger partial charge in [0, 0.05) is 24.7 Å². The Morgan fingerprint density at radius 3 is 2.57 bits per heavy atom. The van der Waals surface area contributed by atoms with Crippen molar-refractivity contribution in [1.29, 1.82) is 0 Å². The molecule has 0 aliphatic carbocycles. The average Bonchev–Trinajstić information content (AvgIpc) is 2.97. The van der Waals surface area contributed by atoms with Gasteiger partial charge in [0.1, 0.15) is 12.1 Å². The standard InChI is InChI=1S/C31H43N5O6/c1-7-22-13-12-21-11-10-20(17-24(21)33-22)14-15-31(4,5)30(40)42-26(19(2)3)28(38)34-25(18-41-6)29(39)36-16-8-9-23(35-36)27(32)37/h10-15,17,19,23,25-26,35H,7-9,16,18H2,1-6H3,(H2,32,37)(H,34,38)/b15-14+. The molecule has 228 valence electrons. The molecule has 11 nitrogen and oxygen atoms in total. The molecule has 2 aromatic rings. The molecule has 1 aliphatic rings. The molecule has 3 rings (SSSR count). The number of aromatic nitrogens is 1. The van der Waals surface area contributed by atoms with Gasteiger partial charge in [-0.05, 0) is 56.7 Å². The average molecular weight is 582 g/mol. The summed E-state index contributed by atoms with van der Waals surface area (Å²) in [5.74, 6) is -2.63. The number of carbonyl (C=O) groups excluding carboxylic acids is 4. The summed E-state index contributed by atoms with van der Waals surface area (Å²) in [6.07, 6.45) is 4.35. The van der Waals surface area contributed by atoms with E-state index in [1.807, 2.05) is 36.4 Å². The van der Waals surface area contributed by atoms with Crippen molar-refractivity contribution in [3.05, 3.63) is 47.7 Å². The van der Waals surface area contributed by atoms with Crippen molar-refractivity contribution in [2.24, 2.45) is 17.1 Å². The first-order valence-corrected chi connectivity index (χ1v) is 14.3. The van der Waals surface area contributed by atoms with Gasteiger partial charge >= 0.3 is 5.97 Å². The largest absolute Gasteiger partial charge is 0.451 e. The number of methoxy groups -OCH3 is 1. The van der Waals surface area contributed by atoms with Crippen LogP contribution in [0.25, 0.3) is 17.0 Å². The van der Waals surface area contributed by atoms with E-state index < -0.39 is 47.3 Å². The number of aryl methyl sites for hydroxylation is 1. The molecular formula is C31H43N5O6. The van der Waals surface area contributed by atoms with Gasteiger partial charge < -0.3 is 20.5 Å². The first-order chi connectivity index (χ1) is 19.9. The summed E-state index contributed by atoms with van der Waals surface area (Å²) in [6.45, 7) is 9.22. The number of amides is 3. The van der Waals surface area contributed by atoms with Crippen LogP contribution in [0.15, 0.2) is 36.4 Å². The van der Waals surface area contributed by atoms with Gasteiger partial charge in [-0.3, -0.25) is 29.2 Å². The van der Waals surface area contributed by atoms with Crippen molar-refractivity contribution in [3.8, 4) is 0 Å². The van der Waals surface area contributed by atoms with Crippen LogP contribution in [0.2, 0.25) is 0 Å². The highest BCUT2D eigenvalue weighted by Gasteiger charge is 2.37. The number of carbonyl (C=O) groups is 4. The molecule has 2 heterocycles. The molecular weight excluding hydrogens is 538 g/mol. The Labute approximate surface area is 247 Å². The number of hydrazine groups is 1. The maximum atomic E-state index is 13.3. The van der Waals surface area contributed by atoms with Gasteiger partial charge in [0.25, 0.3) is 11.8 Å². The lowest BCUT2D eigenvalue weighted by Crippen LogP contribution is -2.62. The minimum atomic E-state index is -1.15. The van der Waals surface area contributed by atoms with Gasteiger partial charge in [0.2, 0.25) is 5.91 Å². The third-order valence-electron chi connectivity index (χ3n) is 7.20. The lowest BCUT2D eigenvalue weighted by atomic mass is 9.92. The fourth-order valence-electron chi connectivity index (χ4n) is 4.54. The van der Waals surface area contributed by atoms with E-state index in [0.29, 0.717) is 19.4 Å². The van der Waals surface area contributed by atoms with Crippen molar-refractivity contribution in [3.63, 3.8) is 0 Å². The SMILES string of the molecule is CCc1ccc2ccc(/C=C/C(C)(C)C(=O)OC(C(=O)NC(COC)C(=O)N3CCCC(C(N)=O)N3)C(C)C)cc2n1. The number of nitrogens with zero attached hydrogens (tertiary/aromatic N) is 2. The van der Waals surface area contributed by atoms with Crippen LogP contribution in [0.3, 0.4) is 0 Å². The number of fused-ring (bicyclic) bond motifs is 1. The second kappa shape index (κ2) is 14.4. The van der Waals surface area contributed by atoms with Crippen molar-refractivity contribution in [2.75, 3.05) is 20.3 Å². The predicted octanol–water partition coefficient (Wildman–Crippen LogP) is 2.52. The quantitative estimate of drug-likeness (QED) is 0.323. The summed E-state index contributed by atoms with van der Waals surface area (Å²) in [6, 6.07) is 8.20. The van der Waals surface area contributed by atoms with Crippen molar-refractivity contribution in [2.45, 2.75) is 72.1 Å². The van der Waals surface area contributed by atoms with Gasteiger partial charge in [-0.25, -0.2) is 5.43 Å². The van der Waals surface area contributed by atoms with Crippen LogP contribution in [0, 0.1) is 11.3 Å². The summed E-state index contributed by atoms with van der Waals surface area (Å²) in [5.41, 5.74) is 9.92. The van der Waals surface area contributed by atoms with Crippen LogP contribution in [0.5, 0.6) is 0 Å². The van der Waals surface area contributed by atoms with E-state index in [4.69, 9.17) is 15.2 Å². The van der Waals surface area contributed by atoms with Gasteiger partial charge in [-0.15, -0.1) is 0 Å². The van der Waals surface area contributed by atoms with Crippen LogP contribution in [0.1, 0.15) is 58.7 Å². The molecule has 1 saturated heterocycles. The first kappa shape index (κ1) is 32.7. The molecule has 3 atom stereocenters. The third-order valence-corrected chi connectivity index (χ3v) is 7.20. The molecule has 0 bridgehead atoms. The van der Waals surface area contributed by atoms with E-state index in [9.17, 15) is 19.2 Å². The second-order valence-electron chi connectivity index (χ2n) is 11.5. The van der Waals surface area contributed by atoms with Crippen LogP contribution in [0.4, 0.5) is 0 Å². The lowest BCUT2D eigenvalue weighted by Gasteiger charge is -2.35. The third kappa shape index (κ3) is 8.36. The zero-order chi connectivity index (χ0) is 31.0. The summed E-state index contributed by atoms with van der Waals surface area (Å²) in [4.78, 5) is 56.1. The van der Waals surface area contributed by atoms with Gasteiger partial charge in [-0.2, -0.15) is 0 Å². The molecule has 3 amide bonds. The number of benzene rings is 1. The normalized spacial score (nSPS) is 17.3. The zero-order valence-electron chi connectivity index (χ0n) is 25.3. The minimum Gasteiger partial charge on any atom is -0.451 e. The van der Waals surface area contributed by atoms with E-state index in [-0.39, 0.29) is 12.5 Å². The van der Waals surface area contributed by atoms with Crippen molar-refractivity contribution < 1.29 is 28.7 Å². The molecule has 0 spiro atoms. The maximum Gasteiger partial charge on any atom is 0.316 e. The van der Waals surface area contributed by atoms with Gasteiger partial charge in [-0.1, -0.05) is 51.1 Å². The Bertz CT molecular complexity index is 1320. The van der Waals surface area contributed by atoms with E-state index in [1.165, 1.54) is 12.1 Å². The topological polar surface area (TPSA) is 153 Å². The zero-order valence-corrected chi connectivity index (χ0v) is 25.3. The summed E-state index contributed by atoms with van der Waals surface area (Å²) < 4.78 is 10.9. The molecule has 0 radical (unpaired) electrons. The molecule has 42 heavy (non-hydrogen) atoms. The minimum absolute atomic E-state index is 0.114. The number of pyridine rings is 1. The van der Waals surface area contributed by atoms with E-state index in [0.717, 1.165) is 28.6 Å². The Morgan fingerprint density at radius 1 is 1.21 bits per heavy atom. The fourth-order valence-corrected chi connectivity index (χ4v) is 4.54. The fraction of sp³-hybridized carbons (Fsp3) is 0.516. The van der Waals surface area contributed by atoms with Crippen molar-refractivity contribution >= 4 is 40.7 Å². The summed E-state index contributed by atoms with van der Waals surface area (Å²) >= 11 is 0. The number of hydrogen-bond acceptors (Lipinski definition) is 8. The Morgan fingerprint density at radius 2 is 1.93 bits per heavy atom. The Hall–Kier alpha value is -3.83. The monoisotopic (exact) mass is 581 g/mol. The maximum absolute atomic E-state index is 13.3. The van der Waals surface area contributed by atoms with Crippen LogP contribution >= 0.6 is 0 Å². The predicted molar refractivity (Wildman–Crippen MR) is 160 cm³/mol. The number of rotatable bonds is 12. The molecule has 11 heteroatoms. The number of hydrogen-bond donors (Lipinski definition) is 3. The number of esters is 1. The molecule has 1 aromatic heterocycles. The van der Waals surface area contributed by atoms with E-state index >= 15 is 0 Å². The Kier molecular flexibility index (Phi) is 11.2. The summed E-state index contributed by atoms with van der Waals surface area (Å²) in [5, 5.41) is 4.97. The second-order valence-corrected chi connectivity index (χ2v) is 11.5. The number of nitrogens with two attached hydrogens (primary N) is 1. The van der Waals surface area contributed by atoms with Crippen LogP contribution in [-0.4, -0.2) is 72.1 Å². The van der Waals surface area contributed by atoms with E-state index in [1.54, 1.807) is 33.8 Å². The highest BCUT2D eigenvalue weighted by molar-refractivity contribution is 5.91. The van der Waals surface area contributed by atoms with Gasteiger partial charge in [0.15, 0.2) is 6.10 Å². The Balaban J connectivity index is 1.70. The molecule has 1 aliphatic heterocycles. The lowest BCUT2D eigenvalue weighted by molar-refractivity contribution is -0.165. The molecule has 1 aromatic carbocycles. The van der Waals surface area contributed by atoms with Crippen molar-refractivity contribution in [1.82, 2.24) is 20.7 Å². The highest BCUT2D eigenvalue weighted by atomic mass is 16.5. The number of primary amides is 1. The van der Waals surface area contributed by atoms with Crippen LogP contribution in [-0.2, 0) is 35.1 Å². The molecule has 1 fully saturated rings. The smallest absolute Gasteiger partial charge is 0.316 e. The van der Waals surface area contributed by atoms with E-state index in [2.05, 4.69) is 22.7 Å². The summed E-state index contributed by atoms with van der Waals surface area (Å²) in [7, 11) is 1.41. The first-order valence-electron chi connectivity index (χ1n) is 14.3. The molecule has 3 unspecified atom stereocenters.